The van der Waals surface area contributed by atoms with Gasteiger partial charge in [-0.1, -0.05) is 103 Å². The van der Waals surface area contributed by atoms with Crippen LogP contribution in [0.15, 0.2) is 96.6 Å². The molecule has 0 saturated carbocycles. The lowest BCUT2D eigenvalue weighted by Gasteiger charge is -2.33. The molecular weight excluding hydrogens is 418 g/mol. The van der Waals surface area contributed by atoms with Crippen LogP contribution in [0.25, 0.3) is 17.2 Å². The summed E-state index contributed by atoms with van der Waals surface area (Å²) < 4.78 is 5.98. The Morgan fingerprint density at radius 1 is 0.882 bits per heavy atom. The molecule has 2 atom stereocenters. The van der Waals surface area contributed by atoms with E-state index in [1.165, 1.54) is 33.4 Å². The van der Waals surface area contributed by atoms with Gasteiger partial charge in [0.25, 0.3) is 0 Å². The van der Waals surface area contributed by atoms with Gasteiger partial charge >= 0.3 is 6.09 Å². The highest BCUT2D eigenvalue weighted by Gasteiger charge is 2.40. The average Bonchev–Trinajstić information content (AvgIpc) is 3.34. The molecule has 1 aliphatic carbocycles. The minimum Gasteiger partial charge on any atom is -0.448 e. The zero-order chi connectivity index (χ0) is 22.9. The number of ether oxygens (including phenoxy) is 1. The van der Waals surface area contributed by atoms with E-state index in [-0.39, 0.29) is 24.1 Å². The summed E-state index contributed by atoms with van der Waals surface area (Å²) in [5, 5.41) is 0. The minimum atomic E-state index is -0.163. The zero-order valence-corrected chi connectivity index (χ0v) is 19.3. The number of hydrogen-bond acceptors (Lipinski definition) is 2. The standard InChI is InChI=1S/C31H29NO2/c33-31(34-21-30-28-15-6-4-13-26(28)27-14-5-7-16-29(27)30)32-24-17-18-25(32)20-23(19-24)12-8-11-22-9-2-1-3-10-22/h1-11,13-16,19,24-25,30H,12,17-18,20-21H2/b11-8+. The minimum absolute atomic E-state index is 0.105. The topological polar surface area (TPSA) is 29.5 Å². The predicted molar refractivity (Wildman–Crippen MR) is 137 cm³/mol. The molecule has 3 heteroatoms. The molecule has 3 aliphatic rings. The summed E-state index contributed by atoms with van der Waals surface area (Å²) in [5.41, 5.74) is 7.68. The molecule has 6 rings (SSSR count). The van der Waals surface area contributed by atoms with Crippen molar-refractivity contribution in [2.45, 2.75) is 43.7 Å². The molecule has 34 heavy (non-hydrogen) atoms. The van der Waals surface area contributed by atoms with Crippen molar-refractivity contribution in [1.82, 2.24) is 4.90 Å². The lowest BCUT2D eigenvalue weighted by Crippen LogP contribution is -2.43. The van der Waals surface area contributed by atoms with Gasteiger partial charge in [0.2, 0.25) is 0 Å². The van der Waals surface area contributed by atoms with Crippen LogP contribution in [0.1, 0.15) is 48.3 Å². The molecule has 2 bridgehead atoms. The van der Waals surface area contributed by atoms with Crippen LogP contribution in [0.2, 0.25) is 0 Å². The van der Waals surface area contributed by atoms with Gasteiger partial charge in [-0.2, -0.15) is 0 Å². The van der Waals surface area contributed by atoms with Gasteiger partial charge in [-0.05, 0) is 53.5 Å². The van der Waals surface area contributed by atoms with Crippen molar-refractivity contribution in [3.05, 3.63) is 113 Å². The van der Waals surface area contributed by atoms with Gasteiger partial charge in [0.05, 0.1) is 6.04 Å². The Labute approximate surface area is 201 Å². The van der Waals surface area contributed by atoms with Crippen LogP contribution in [0.3, 0.4) is 0 Å². The maximum absolute atomic E-state index is 13.2. The highest BCUT2D eigenvalue weighted by molar-refractivity contribution is 5.79. The van der Waals surface area contributed by atoms with Crippen LogP contribution < -0.4 is 0 Å². The summed E-state index contributed by atoms with van der Waals surface area (Å²) in [4.78, 5) is 15.2. The summed E-state index contributed by atoms with van der Waals surface area (Å²) in [6, 6.07) is 27.8. The molecule has 3 aromatic rings. The summed E-state index contributed by atoms with van der Waals surface area (Å²) in [6.45, 7) is 0.388. The van der Waals surface area contributed by atoms with Crippen LogP contribution >= 0.6 is 0 Å². The molecule has 2 aliphatic heterocycles. The first-order chi connectivity index (χ1) is 16.8. The quantitative estimate of drug-likeness (QED) is 0.387. The highest BCUT2D eigenvalue weighted by Crippen LogP contribution is 2.45. The molecule has 0 spiro atoms. The second-order valence-corrected chi connectivity index (χ2v) is 9.56. The smallest absolute Gasteiger partial charge is 0.410 e. The SMILES string of the molecule is O=C(OCC1c2ccccc2-c2ccccc21)N1C2C=C(C/C=C/c3ccccc3)CC1CC2. The molecule has 0 radical (unpaired) electrons. The van der Waals surface area contributed by atoms with Gasteiger partial charge < -0.3 is 4.74 Å². The third kappa shape index (κ3) is 3.86. The molecular formula is C31H29NO2. The molecule has 1 saturated heterocycles. The first kappa shape index (κ1) is 21.0. The van der Waals surface area contributed by atoms with Gasteiger partial charge in [0.15, 0.2) is 0 Å². The largest absolute Gasteiger partial charge is 0.448 e. The lowest BCUT2D eigenvalue weighted by atomic mass is 9.98. The Bertz CT molecular complexity index is 1210. The number of hydrogen-bond donors (Lipinski definition) is 0. The van der Waals surface area contributed by atoms with Crippen LogP contribution in [-0.4, -0.2) is 29.7 Å². The Kier molecular flexibility index (Phi) is 5.54. The van der Waals surface area contributed by atoms with Crippen LogP contribution in [0.4, 0.5) is 4.79 Å². The Hall–Kier alpha value is -3.59. The molecule has 170 valence electrons. The Balaban J connectivity index is 1.12. The fraction of sp³-hybridized carbons (Fsp3) is 0.258. The van der Waals surface area contributed by atoms with E-state index in [1.54, 1.807) is 0 Å². The van der Waals surface area contributed by atoms with Crippen molar-refractivity contribution >= 4 is 12.2 Å². The summed E-state index contributed by atoms with van der Waals surface area (Å²) >= 11 is 0. The fourth-order valence-corrected chi connectivity index (χ4v) is 5.93. The van der Waals surface area contributed by atoms with Crippen molar-refractivity contribution in [3.63, 3.8) is 0 Å². The average molecular weight is 448 g/mol. The first-order valence-electron chi connectivity index (χ1n) is 12.3. The fourth-order valence-electron chi connectivity index (χ4n) is 5.93. The monoisotopic (exact) mass is 447 g/mol. The van der Waals surface area contributed by atoms with Crippen molar-refractivity contribution in [1.29, 1.82) is 0 Å². The number of benzene rings is 3. The van der Waals surface area contributed by atoms with E-state index in [2.05, 4.69) is 91.0 Å². The number of carbonyl (C=O) groups excluding carboxylic acids is 1. The molecule has 0 N–H and O–H groups in total. The molecule has 3 nitrogen and oxygen atoms in total. The van der Waals surface area contributed by atoms with Gasteiger partial charge in [-0.3, -0.25) is 4.90 Å². The number of nitrogens with zero attached hydrogens (tertiary/aromatic N) is 1. The van der Waals surface area contributed by atoms with E-state index >= 15 is 0 Å². The van der Waals surface area contributed by atoms with E-state index in [0.29, 0.717) is 6.61 Å². The lowest BCUT2D eigenvalue weighted by molar-refractivity contribution is 0.0850. The van der Waals surface area contributed by atoms with E-state index in [9.17, 15) is 4.79 Å². The van der Waals surface area contributed by atoms with Gasteiger partial charge in [-0.25, -0.2) is 4.79 Å². The van der Waals surface area contributed by atoms with Crippen LogP contribution in [-0.2, 0) is 4.74 Å². The second-order valence-electron chi connectivity index (χ2n) is 9.56. The number of fused-ring (bicyclic) bond motifs is 5. The molecule has 1 fully saturated rings. The van der Waals surface area contributed by atoms with E-state index in [0.717, 1.165) is 25.7 Å². The third-order valence-electron chi connectivity index (χ3n) is 7.51. The number of carbonyl (C=O) groups is 1. The molecule has 2 unspecified atom stereocenters. The third-order valence-corrected chi connectivity index (χ3v) is 7.51. The van der Waals surface area contributed by atoms with Gasteiger partial charge in [0, 0.05) is 12.0 Å². The number of amides is 1. The van der Waals surface area contributed by atoms with Gasteiger partial charge in [-0.15, -0.1) is 0 Å². The molecule has 2 heterocycles. The predicted octanol–water partition coefficient (Wildman–Crippen LogP) is 7.20. The van der Waals surface area contributed by atoms with E-state index in [1.807, 2.05) is 11.0 Å². The van der Waals surface area contributed by atoms with E-state index in [4.69, 9.17) is 4.74 Å². The van der Waals surface area contributed by atoms with Crippen LogP contribution in [0.5, 0.6) is 0 Å². The Morgan fingerprint density at radius 3 is 2.26 bits per heavy atom. The summed E-state index contributed by atoms with van der Waals surface area (Å²) in [5.74, 6) is 0.105. The highest BCUT2D eigenvalue weighted by atomic mass is 16.6. The Morgan fingerprint density at radius 2 is 1.56 bits per heavy atom. The molecule has 0 aromatic heterocycles. The first-order valence-corrected chi connectivity index (χ1v) is 12.3. The maximum atomic E-state index is 13.2. The second kappa shape index (κ2) is 8.98. The summed E-state index contributed by atoms with van der Waals surface area (Å²) in [6.07, 6.45) is 10.5. The maximum Gasteiger partial charge on any atom is 0.410 e. The normalized spacial score (nSPS) is 20.8. The van der Waals surface area contributed by atoms with Crippen molar-refractivity contribution in [3.8, 4) is 11.1 Å². The van der Waals surface area contributed by atoms with Crippen molar-refractivity contribution < 1.29 is 9.53 Å². The molecule has 3 aromatic carbocycles. The van der Waals surface area contributed by atoms with Gasteiger partial charge in [0.1, 0.15) is 6.61 Å². The number of allylic oxidation sites excluding steroid dienone is 1. The van der Waals surface area contributed by atoms with Crippen LogP contribution in [0, 0.1) is 0 Å². The number of rotatable bonds is 5. The van der Waals surface area contributed by atoms with E-state index < -0.39 is 0 Å². The van der Waals surface area contributed by atoms with Crippen molar-refractivity contribution in [2.75, 3.05) is 6.61 Å². The molecule has 1 amide bonds. The summed E-state index contributed by atoms with van der Waals surface area (Å²) in [7, 11) is 0. The van der Waals surface area contributed by atoms with Crippen molar-refractivity contribution in [2.24, 2.45) is 0 Å². The zero-order valence-electron chi connectivity index (χ0n) is 19.3.